The van der Waals surface area contributed by atoms with Gasteiger partial charge in [-0.2, -0.15) is 0 Å². The Labute approximate surface area is 250 Å². The number of sulfone groups is 1. The number of fused-ring (bicyclic) bond motifs is 1. The molecule has 4 heterocycles. The Bertz CT molecular complexity index is 1460. The molecule has 10 heteroatoms. The highest BCUT2D eigenvalue weighted by atomic mass is 32.2. The van der Waals surface area contributed by atoms with Crippen molar-refractivity contribution in [3.05, 3.63) is 42.2 Å². The number of aromatic nitrogens is 2. The fourth-order valence-electron chi connectivity index (χ4n) is 6.65. The molecule has 228 valence electrons. The summed E-state index contributed by atoms with van der Waals surface area (Å²) in [4.78, 5) is 12.6. The molecule has 1 aromatic heterocycles. The van der Waals surface area contributed by atoms with Crippen molar-refractivity contribution in [3.8, 4) is 11.1 Å². The zero-order valence-electron chi connectivity index (χ0n) is 25.4. The van der Waals surface area contributed by atoms with Gasteiger partial charge in [0.05, 0.1) is 35.9 Å². The van der Waals surface area contributed by atoms with Gasteiger partial charge in [0, 0.05) is 77.1 Å². The lowest BCUT2D eigenvalue weighted by Gasteiger charge is -2.38. The molecule has 3 aromatic rings. The first-order valence-corrected chi connectivity index (χ1v) is 17.4. The zero-order chi connectivity index (χ0) is 29.3. The van der Waals surface area contributed by atoms with Crippen LogP contribution in [-0.2, 0) is 21.6 Å². The molecule has 3 aliphatic rings. The maximum Gasteiger partial charge on any atom is 0.150 e. The van der Waals surface area contributed by atoms with Crippen molar-refractivity contribution in [2.24, 2.45) is 7.05 Å². The molecule has 0 amide bonds. The van der Waals surface area contributed by atoms with Gasteiger partial charge in [0.1, 0.15) is 21.2 Å². The zero-order valence-corrected chi connectivity index (χ0v) is 26.2. The van der Waals surface area contributed by atoms with E-state index in [1.165, 1.54) is 11.3 Å². The average molecular weight is 595 g/mol. The Morgan fingerprint density at radius 1 is 0.952 bits per heavy atom. The van der Waals surface area contributed by atoms with E-state index in [2.05, 4.69) is 81.9 Å². The van der Waals surface area contributed by atoms with Gasteiger partial charge in [0.15, 0.2) is 0 Å². The molecule has 42 heavy (non-hydrogen) atoms. The van der Waals surface area contributed by atoms with E-state index < -0.39 is 9.84 Å². The molecule has 3 aliphatic heterocycles. The van der Waals surface area contributed by atoms with Crippen LogP contribution in [0.15, 0.2) is 36.4 Å². The third-order valence-corrected chi connectivity index (χ3v) is 11.1. The fourth-order valence-corrected chi connectivity index (χ4v) is 8.15. The first-order chi connectivity index (χ1) is 20.3. The summed E-state index contributed by atoms with van der Waals surface area (Å²) >= 11 is 0. The highest BCUT2D eigenvalue weighted by Crippen LogP contribution is 2.36. The normalized spacial score (nSPS) is 20.9. The molecule has 0 atom stereocenters. The van der Waals surface area contributed by atoms with Crippen LogP contribution >= 0.6 is 0 Å². The molecule has 3 fully saturated rings. The Balaban J connectivity index is 1.27. The highest BCUT2D eigenvalue weighted by molar-refractivity contribution is 7.91. The molecule has 2 aromatic carbocycles. The van der Waals surface area contributed by atoms with Gasteiger partial charge in [-0.15, -0.1) is 0 Å². The van der Waals surface area contributed by atoms with Gasteiger partial charge in [-0.05, 0) is 62.1 Å². The van der Waals surface area contributed by atoms with Gasteiger partial charge in [-0.1, -0.05) is 12.1 Å². The summed E-state index contributed by atoms with van der Waals surface area (Å²) in [6.45, 7) is 14.2. The highest BCUT2D eigenvalue weighted by Gasteiger charge is 2.29. The smallest absolute Gasteiger partial charge is 0.150 e. The Morgan fingerprint density at radius 2 is 1.64 bits per heavy atom. The van der Waals surface area contributed by atoms with Crippen LogP contribution in [0, 0.1) is 0 Å². The second kappa shape index (κ2) is 12.5. The van der Waals surface area contributed by atoms with Crippen LogP contribution in [0.25, 0.3) is 22.2 Å². The van der Waals surface area contributed by atoms with Crippen LogP contribution in [0.5, 0.6) is 0 Å². The van der Waals surface area contributed by atoms with Gasteiger partial charge in [-0.25, -0.2) is 13.4 Å². The summed E-state index contributed by atoms with van der Waals surface area (Å²) < 4.78 is 31.9. The summed E-state index contributed by atoms with van der Waals surface area (Å²) in [5, 5.41) is 3.71. The SMILES string of the molecule is CC(C)N1CCN(c2ccc(-c3cc(NCCN4CCOCC4)c4nc(C5CCS(=O)(=O)CC5)n(C)c4c3)cc2)CC1. The molecule has 0 spiro atoms. The Kier molecular flexibility index (Phi) is 8.77. The van der Waals surface area contributed by atoms with Gasteiger partial charge in [0.25, 0.3) is 0 Å². The van der Waals surface area contributed by atoms with E-state index in [0.717, 1.165) is 93.7 Å². The molecule has 0 aliphatic carbocycles. The lowest BCUT2D eigenvalue weighted by atomic mass is 10.0. The second-order valence-electron chi connectivity index (χ2n) is 12.4. The molecule has 0 saturated carbocycles. The molecule has 0 radical (unpaired) electrons. The monoisotopic (exact) mass is 594 g/mol. The minimum Gasteiger partial charge on any atom is -0.382 e. The third-order valence-electron chi connectivity index (χ3n) is 9.40. The quantitative estimate of drug-likeness (QED) is 0.422. The summed E-state index contributed by atoms with van der Waals surface area (Å²) in [5.41, 5.74) is 6.71. The number of piperazine rings is 1. The van der Waals surface area contributed by atoms with Crippen LogP contribution in [0.4, 0.5) is 11.4 Å². The maximum atomic E-state index is 12.1. The van der Waals surface area contributed by atoms with Crippen LogP contribution in [0.2, 0.25) is 0 Å². The number of imidazole rings is 1. The van der Waals surface area contributed by atoms with E-state index in [1.54, 1.807) is 0 Å². The predicted octanol–water partition coefficient (Wildman–Crippen LogP) is 3.81. The van der Waals surface area contributed by atoms with Crippen LogP contribution < -0.4 is 10.2 Å². The van der Waals surface area contributed by atoms with Crippen molar-refractivity contribution in [2.45, 2.75) is 38.6 Å². The Morgan fingerprint density at radius 3 is 2.31 bits per heavy atom. The lowest BCUT2D eigenvalue weighted by Crippen LogP contribution is -2.48. The minimum absolute atomic E-state index is 0.158. The summed E-state index contributed by atoms with van der Waals surface area (Å²) in [5.74, 6) is 1.64. The molecule has 0 unspecified atom stereocenters. The largest absolute Gasteiger partial charge is 0.382 e. The van der Waals surface area contributed by atoms with E-state index in [0.29, 0.717) is 18.9 Å². The second-order valence-corrected chi connectivity index (χ2v) is 14.7. The van der Waals surface area contributed by atoms with Gasteiger partial charge >= 0.3 is 0 Å². The summed E-state index contributed by atoms with van der Waals surface area (Å²) in [7, 11) is -0.849. The van der Waals surface area contributed by atoms with Gasteiger partial charge in [0.2, 0.25) is 0 Å². The van der Waals surface area contributed by atoms with E-state index >= 15 is 0 Å². The van der Waals surface area contributed by atoms with Crippen LogP contribution in [0.3, 0.4) is 0 Å². The van der Waals surface area contributed by atoms with E-state index in [4.69, 9.17) is 9.72 Å². The molecular formula is C32H46N6O3S. The number of rotatable bonds is 8. The topological polar surface area (TPSA) is 82.9 Å². The van der Waals surface area contributed by atoms with Crippen molar-refractivity contribution < 1.29 is 13.2 Å². The molecule has 0 bridgehead atoms. The predicted molar refractivity (Wildman–Crippen MR) is 171 cm³/mol. The van der Waals surface area contributed by atoms with E-state index in [-0.39, 0.29) is 17.4 Å². The first-order valence-electron chi connectivity index (χ1n) is 15.6. The number of anilines is 2. The third kappa shape index (κ3) is 6.46. The minimum atomic E-state index is -2.93. The molecule has 9 nitrogen and oxygen atoms in total. The summed E-state index contributed by atoms with van der Waals surface area (Å²) in [6.07, 6.45) is 1.28. The summed E-state index contributed by atoms with van der Waals surface area (Å²) in [6, 6.07) is 14.1. The average Bonchev–Trinajstić information content (AvgIpc) is 3.34. The van der Waals surface area contributed by atoms with E-state index in [1.807, 2.05) is 0 Å². The Hall–Kier alpha value is -2.66. The van der Waals surface area contributed by atoms with Crippen LogP contribution in [0.1, 0.15) is 38.4 Å². The number of morpholine rings is 1. The lowest BCUT2D eigenvalue weighted by molar-refractivity contribution is 0.0398. The van der Waals surface area contributed by atoms with Gasteiger partial charge < -0.3 is 19.5 Å². The standard InChI is InChI=1S/C32H46N6O3S/c1-24(2)37-12-14-38(15-13-37)28-6-4-25(5-7-28)27-22-29(33-10-11-36-16-18-41-19-17-36)31-30(23-27)35(3)32(34-31)26-8-20-42(39,40)21-9-26/h4-7,22-24,26,33H,8-21H2,1-3H3. The van der Waals surface area contributed by atoms with Crippen molar-refractivity contribution in [1.82, 2.24) is 19.4 Å². The maximum absolute atomic E-state index is 12.1. The van der Waals surface area contributed by atoms with Crippen molar-refractivity contribution in [3.63, 3.8) is 0 Å². The number of ether oxygens (including phenoxy) is 1. The number of benzene rings is 2. The number of hydrogen-bond donors (Lipinski definition) is 1. The van der Waals surface area contributed by atoms with Crippen molar-refractivity contribution >= 4 is 32.2 Å². The first kappa shape index (κ1) is 29.4. The van der Waals surface area contributed by atoms with E-state index in [9.17, 15) is 8.42 Å². The molecule has 6 rings (SSSR count). The fraction of sp³-hybridized carbons (Fsp3) is 0.594. The molecular weight excluding hydrogens is 548 g/mol. The number of nitrogens with one attached hydrogen (secondary N) is 1. The molecule has 1 N–H and O–H groups in total. The number of hydrogen-bond acceptors (Lipinski definition) is 8. The van der Waals surface area contributed by atoms with Gasteiger partial charge in [-0.3, -0.25) is 9.80 Å². The van der Waals surface area contributed by atoms with Crippen molar-refractivity contribution in [1.29, 1.82) is 0 Å². The number of aryl methyl sites for hydroxylation is 1. The molecule has 3 saturated heterocycles. The van der Waals surface area contributed by atoms with Crippen LogP contribution in [-0.4, -0.2) is 111 Å². The van der Waals surface area contributed by atoms with Crippen molar-refractivity contribution in [2.75, 3.05) is 87.3 Å². The number of nitrogens with zero attached hydrogens (tertiary/aromatic N) is 5.